The zero-order valence-electron chi connectivity index (χ0n) is 13.0. The van der Waals surface area contributed by atoms with E-state index in [-0.39, 0.29) is 5.91 Å². The lowest BCUT2D eigenvalue weighted by Crippen LogP contribution is -2.39. The molecular formula is C16H17N5OS. The van der Waals surface area contributed by atoms with Gasteiger partial charge in [0.1, 0.15) is 5.69 Å². The minimum atomic E-state index is -0.148. The summed E-state index contributed by atoms with van der Waals surface area (Å²) in [5.41, 5.74) is 3.11. The first-order valence-electron chi connectivity index (χ1n) is 7.56. The first kappa shape index (κ1) is 14.2. The number of pyridine rings is 1. The van der Waals surface area contributed by atoms with Crippen LogP contribution in [0.15, 0.2) is 23.7 Å². The van der Waals surface area contributed by atoms with Gasteiger partial charge in [-0.1, -0.05) is 0 Å². The highest BCUT2D eigenvalue weighted by Gasteiger charge is 2.25. The van der Waals surface area contributed by atoms with E-state index in [1.807, 2.05) is 36.2 Å². The lowest BCUT2D eigenvalue weighted by Gasteiger charge is -2.33. The van der Waals surface area contributed by atoms with Crippen LogP contribution in [0.4, 0.5) is 11.5 Å². The topological polar surface area (TPSA) is 63.1 Å². The molecule has 0 aliphatic carbocycles. The normalized spacial score (nSPS) is 14.1. The Labute approximate surface area is 137 Å². The molecule has 0 unspecified atom stereocenters. The number of aromatic nitrogens is 3. The molecular weight excluding hydrogens is 310 g/mol. The van der Waals surface area contributed by atoms with Crippen molar-refractivity contribution in [1.29, 1.82) is 0 Å². The number of fused-ring (bicyclic) bond motifs is 1. The number of hydrogen-bond donors (Lipinski definition) is 1. The number of carbonyl (C=O) groups excluding carboxylic acids is 1. The van der Waals surface area contributed by atoms with E-state index in [9.17, 15) is 4.79 Å². The van der Waals surface area contributed by atoms with E-state index >= 15 is 0 Å². The molecule has 1 aliphatic rings. The summed E-state index contributed by atoms with van der Waals surface area (Å²) in [5.74, 6) is 0.831. The standard InChI is InChI=1S/C16H17N5OS/c1-10-14(16(20(2)19-10)21-5-3-6-21)18-15(22)11-8-13-12(17-9-11)4-7-23-13/h4,7-9H,3,5-6H2,1-2H3,(H,18,22). The second-order valence-corrected chi connectivity index (χ2v) is 6.68. The number of aryl methyl sites for hydroxylation is 2. The monoisotopic (exact) mass is 327 g/mol. The van der Waals surface area contributed by atoms with Crippen molar-refractivity contribution in [3.63, 3.8) is 0 Å². The molecule has 0 spiro atoms. The third-order valence-corrected chi connectivity index (χ3v) is 5.00. The maximum absolute atomic E-state index is 12.6. The molecule has 0 atom stereocenters. The van der Waals surface area contributed by atoms with Crippen molar-refractivity contribution in [2.24, 2.45) is 7.05 Å². The molecule has 0 aromatic carbocycles. The summed E-state index contributed by atoms with van der Waals surface area (Å²) in [6.07, 6.45) is 2.80. The van der Waals surface area contributed by atoms with Gasteiger partial charge in [0, 0.05) is 26.3 Å². The average molecular weight is 327 g/mol. The third-order valence-electron chi connectivity index (χ3n) is 4.15. The minimum Gasteiger partial charge on any atom is -0.355 e. The SMILES string of the molecule is Cc1nn(C)c(N2CCC2)c1NC(=O)c1cnc2ccsc2c1. The fourth-order valence-corrected chi connectivity index (χ4v) is 3.62. The van der Waals surface area contributed by atoms with Gasteiger partial charge in [-0.05, 0) is 30.9 Å². The molecule has 0 bridgehead atoms. The number of hydrogen-bond acceptors (Lipinski definition) is 5. The molecule has 1 amide bonds. The largest absolute Gasteiger partial charge is 0.355 e. The van der Waals surface area contributed by atoms with Crippen LogP contribution in [0.1, 0.15) is 22.5 Å². The fourth-order valence-electron chi connectivity index (χ4n) is 2.84. The van der Waals surface area contributed by atoms with Crippen molar-refractivity contribution in [2.75, 3.05) is 23.3 Å². The van der Waals surface area contributed by atoms with Gasteiger partial charge in [0.25, 0.3) is 5.91 Å². The van der Waals surface area contributed by atoms with Crippen LogP contribution in [0.25, 0.3) is 10.2 Å². The van der Waals surface area contributed by atoms with Crippen LogP contribution in [0.5, 0.6) is 0 Å². The molecule has 0 saturated carbocycles. The summed E-state index contributed by atoms with van der Waals surface area (Å²) >= 11 is 1.59. The maximum Gasteiger partial charge on any atom is 0.257 e. The fraction of sp³-hybridized carbons (Fsp3) is 0.312. The Kier molecular flexibility index (Phi) is 3.30. The third kappa shape index (κ3) is 2.37. The highest BCUT2D eigenvalue weighted by atomic mass is 32.1. The summed E-state index contributed by atoms with van der Waals surface area (Å²) in [6.45, 7) is 3.93. The van der Waals surface area contributed by atoms with E-state index in [2.05, 4.69) is 20.3 Å². The van der Waals surface area contributed by atoms with E-state index in [1.54, 1.807) is 17.5 Å². The number of amides is 1. The van der Waals surface area contributed by atoms with Gasteiger partial charge < -0.3 is 10.2 Å². The van der Waals surface area contributed by atoms with E-state index < -0.39 is 0 Å². The van der Waals surface area contributed by atoms with Crippen LogP contribution in [-0.4, -0.2) is 33.8 Å². The zero-order chi connectivity index (χ0) is 16.0. The van der Waals surface area contributed by atoms with E-state index in [0.717, 1.165) is 40.5 Å². The Bertz CT molecular complexity index is 893. The second-order valence-electron chi connectivity index (χ2n) is 5.73. The smallest absolute Gasteiger partial charge is 0.257 e. The molecule has 4 rings (SSSR count). The van der Waals surface area contributed by atoms with Crippen LogP contribution in [0, 0.1) is 6.92 Å². The molecule has 4 heterocycles. The summed E-state index contributed by atoms with van der Waals surface area (Å²) in [6, 6.07) is 3.84. The number of nitrogens with zero attached hydrogens (tertiary/aromatic N) is 4. The van der Waals surface area contributed by atoms with Crippen molar-refractivity contribution in [1.82, 2.24) is 14.8 Å². The molecule has 23 heavy (non-hydrogen) atoms. The molecule has 1 fully saturated rings. The molecule has 1 N–H and O–H groups in total. The van der Waals surface area contributed by atoms with Crippen LogP contribution in [0.3, 0.4) is 0 Å². The van der Waals surface area contributed by atoms with Crippen molar-refractivity contribution >= 4 is 39.0 Å². The highest BCUT2D eigenvalue weighted by molar-refractivity contribution is 7.17. The number of carbonyl (C=O) groups is 1. The average Bonchev–Trinajstić information content (AvgIpc) is 3.04. The Balaban J connectivity index is 1.65. The summed E-state index contributed by atoms with van der Waals surface area (Å²) in [4.78, 5) is 19.2. The molecule has 3 aromatic heterocycles. The highest BCUT2D eigenvalue weighted by Crippen LogP contribution is 2.32. The number of rotatable bonds is 3. The maximum atomic E-state index is 12.6. The predicted molar refractivity (Wildman–Crippen MR) is 92.3 cm³/mol. The van der Waals surface area contributed by atoms with Crippen LogP contribution >= 0.6 is 11.3 Å². The summed E-state index contributed by atoms with van der Waals surface area (Å²) in [7, 11) is 1.91. The summed E-state index contributed by atoms with van der Waals surface area (Å²) < 4.78 is 2.86. The molecule has 118 valence electrons. The van der Waals surface area contributed by atoms with E-state index in [1.165, 1.54) is 6.42 Å². The van der Waals surface area contributed by atoms with Crippen molar-refractivity contribution in [3.8, 4) is 0 Å². The number of thiophene rings is 1. The Hall–Kier alpha value is -2.41. The van der Waals surface area contributed by atoms with Gasteiger partial charge in [-0.15, -0.1) is 11.3 Å². The van der Waals surface area contributed by atoms with Gasteiger partial charge in [-0.25, -0.2) is 0 Å². The van der Waals surface area contributed by atoms with Crippen molar-refractivity contribution < 1.29 is 4.79 Å². The molecule has 3 aromatic rings. The molecule has 0 radical (unpaired) electrons. The van der Waals surface area contributed by atoms with Gasteiger partial charge >= 0.3 is 0 Å². The van der Waals surface area contributed by atoms with Gasteiger partial charge in [-0.2, -0.15) is 5.10 Å². The van der Waals surface area contributed by atoms with Crippen LogP contribution in [0.2, 0.25) is 0 Å². The Morgan fingerprint density at radius 2 is 2.22 bits per heavy atom. The van der Waals surface area contributed by atoms with Gasteiger partial charge in [0.2, 0.25) is 0 Å². The van der Waals surface area contributed by atoms with E-state index in [0.29, 0.717) is 5.56 Å². The molecule has 1 aliphatic heterocycles. The first-order valence-corrected chi connectivity index (χ1v) is 8.44. The first-order chi connectivity index (χ1) is 11.1. The second kappa shape index (κ2) is 5.34. The molecule has 7 heteroatoms. The van der Waals surface area contributed by atoms with Crippen LogP contribution < -0.4 is 10.2 Å². The predicted octanol–water partition coefficient (Wildman–Crippen LogP) is 2.80. The quantitative estimate of drug-likeness (QED) is 0.803. The van der Waals surface area contributed by atoms with Crippen molar-refractivity contribution in [3.05, 3.63) is 35.0 Å². The molecule has 1 saturated heterocycles. The summed E-state index contributed by atoms with van der Waals surface area (Å²) in [5, 5.41) is 9.45. The zero-order valence-corrected chi connectivity index (χ0v) is 13.9. The van der Waals surface area contributed by atoms with Gasteiger partial charge in [-0.3, -0.25) is 14.5 Å². The number of anilines is 2. The lowest BCUT2D eigenvalue weighted by atomic mass is 10.2. The van der Waals surface area contributed by atoms with Crippen molar-refractivity contribution in [2.45, 2.75) is 13.3 Å². The Morgan fingerprint density at radius 1 is 1.39 bits per heavy atom. The minimum absolute atomic E-state index is 0.148. The molecule has 6 nitrogen and oxygen atoms in total. The van der Waals surface area contributed by atoms with E-state index in [4.69, 9.17) is 0 Å². The Morgan fingerprint density at radius 3 is 2.96 bits per heavy atom. The number of nitrogens with one attached hydrogen (secondary N) is 1. The van der Waals surface area contributed by atoms with Gasteiger partial charge in [0.15, 0.2) is 5.82 Å². The van der Waals surface area contributed by atoms with Gasteiger partial charge in [0.05, 0.1) is 21.5 Å². The lowest BCUT2D eigenvalue weighted by molar-refractivity contribution is 0.102. The van der Waals surface area contributed by atoms with Crippen LogP contribution in [-0.2, 0) is 7.05 Å².